The number of ketones is 1. The van der Waals surface area contributed by atoms with E-state index < -0.39 is 5.97 Å². The van der Waals surface area contributed by atoms with E-state index in [0.717, 1.165) is 28.9 Å². The number of benzene rings is 1. The molecule has 1 aromatic carbocycles. The van der Waals surface area contributed by atoms with E-state index in [1.54, 1.807) is 18.7 Å². The summed E-state index contributed by atoms with van der Waals surface area (Å²) < 4.78 is 10.4. The Morgan fingerprint density at radius 2 is 2.12 bits per heavy atom. The molecule has 0 spiro atoms. The highest BCUT2D eigenvalue weighted by Crippen LogP contribution is 2.38. The molecule has 126 valence electrons. The van der Waals surface area contributed by atoms with Gasteiger partial charge in [-0.15, -0.1) is 11.8 Å². The zero-order valence-corrected chi connectivity index (χ0v) is 14.7. The van der Waals surface area contributed by atoms with Gasteiger partial charge in [-0.1, -0.05) is 5.16 Å². The Morgan fingerprint density at radius 1 is 1.38 bits per heavy atom. The van der Waals surface area contributed by atoms with Crippen molar-refractivity contribution < 1.29 is 18.8 Å². The Bertz CT molecular complexity index is 792. The van der Waals surface area contributed by atoms with Gasteiger partial charge >= 0.3 is 5.97 Å². The molecule has 0 aliphatic heterocycles. The van der Waals surface area contributed by atoms with E-state index in [1.807, 2.05) is 31.4 Å². The van der Waals surface area contributed by atoms with Crippen molar-refractivity contribution in [2.24, 2.45) is 5.92 Å². The van der Waals surface area contributed by atoms with Crippen LogP contribution in [-0.2, 0) is 4.74 Å². The summed E-state index contributed by atoms with van der Waals surface area (Å²) in [4.78, 5) is 26.0. The normalized spacial score (nSPS) is 13.8. The van der Waals surface area contributed by atoms with Crippen molar-refractivity contribution in [3.8, 4) is 11.3 Å². The lowest BCUT2D eigenvalue weighted by molar-refractivity contribution is 0.0511. The number of carbonyl (C=O) groups excluding carboxylic acids is 2. The molecule has 6 heteroatoms. The molecule has 1 heterocycles. The van der Waals surface area contributed by atoms with Gasteiger partial charge in [-0.2, -0.15) is 0 Å². The van der Waals surface area contributed by atoms with Gasteiger partial charge in [0.2, 0.25) is 5.69 Å². The van der Waals surface area contributed by atoms with Crippen LogP contribution in [0.25, 0.3) is 11.3 Å². The third-order valence-corrected chi connectivity index (χ3v) is 4.76. The van der Waals surface area contributed by atoms with Crippen LogP contribution < -0.4 is 0 Å². The zero-order chi connectivity index (χ0) is 17.3. The molecular weight excluding hydrogens is 326 g/mol. The van der Waals surface area contributed by atoms with Crippen LogP contribution in [-0.4, -0.2) is 29.8 Å². The van der Waals surface area contributed by atoms with Crippen molar-refractivity contribution in [2.45, 2.75) is 31.6 Å². The quantitative estimate of drug-likeness (QED) is 0.445. The number of hydrogen-bond donors (Lipinski definition) is 0. The van der Waals surface area contributed by atoms with Gasteiger partial charge in [0, 0.05) is 16.4 Å². The van der Waals surface area contributed by atoms with E-state index >= 15 is 0 Å². The molecule has 1 saturated carbocycles. The Hall–Kier alpha value is -2.08. The highest BCUT2D eigenvalue weighted by Gasteiger charge is 2.38. The van der Waals surface area contributed by atoms with Gasteiger partial charge in [0.25, 0.3) is 0 Å². The van der Waals surface area contributed by atoms with E-state index in [0.29, 0.717) is 5.76 Å². The molecule has 1 fully saturated rings. The van der Waals surface area contributed by atoms with Crippen molar-refractivity contribution in [3.05, 3.63) is 35.0 Å². The Morgan fingerprint density at radius 3 is 2.71 bits per heavy atom. The fourth-order valence-electron chi connectivity index (χ4n) is 2.61. The van der Waals surface area contributed by atoms with Gasteiger partial charge in [0.05, 0.1) is 6.61 Å². The first kappa shape index (κ1) is 16.8. The minimum atomic E-state index is -0.616. The maximum atomic E-state index is 12.7. The summed E-state index contributed by atoms with van der Waals surface area (Å²) >= 11 is 1.64. The van der Waals surface area contributed by atoms with E-state index in [1.165, 1.54) is 0 Å². The lowest BCUT2D eigenvalue weighted by Crippen LogP contribution is -2.13. The summed E-state index contributed by atoms with van der Waals surface area (Å²) in [6.07, 6.45) is 3.69. The van der Waals surface area contributed by atoms with Crippen molar-refractivity contribution in [3.63, 3.8) is 0 Å². The van der Waals surface area contributed by atoms with Crippen LogP contribution in [0.3, 0.4) is 0 Å². The number of nitrogens with zero attached hydrogens (tertiary/aromatic N) is 1. The van der Waals surface area contributed by atoms with Crippen molar-refractivity contribution in [1.29, 1.82) is 0 Å². The standard InChI is InChI=1S/C18H19NO4S/c1-4-22-18(21)15-14(16(20)11-5-6-11)17(23-19-15)13-8-7-12(24-3)9-10(13)2/h7-9,11H,4-6H2,1-3H3. The predicted octanol–water partition coefficient (Wildman–Crippen LogP) is 4.14. The average Bonchev–Trinajstić information content (AvgIpc) is 3.33. The molecule has 24 heavy (non-hydrogen) atoms. The SMILES string of the molecule is CCOC(=O)c1noc(-c2ccc(SC)cc2C)c1C(=O)C1CC1. The Balaban J connectivity index is 2.10. The number of rotatable bonds is 6. The number of hydrogen-bond acceptors (Lipinski definition) is 6. The molecule has 0 bridgehead atoms. The molecular formula is C18H19NO4S. The van der Waals surface area contributed by atoms with Crippen LogP contribution >= 0.6 is 11.8 Å². The largest absolute Gasteiger partial charge is 0.461 e. The number of thioether (sulfide) groups is 1. The second-order valence-corrected chi connectivity index (χ2v) is 6.65. The number of aromatic nitrogens is 1. The number of Topliss-reactive ketones (excluding diaryl/α,β-unsaturated/α-hetero) is 1. The summed E-state index contributed by atoms with van der Waals surface area (Å²) in [5, 5.41) is 3.85. The first-order valence-electron chi connectivity index (χ1n) is 7.92. The lowest BCUT2D eigenvalue weighted by atomic mass is 9.98. The van der Waals surface area contributed by atoms with E-state index in [-0.39, 0.29) is 29.6 Å². The summed E-state index contributed by atoms with van der Waals surface area (Å²) in [6.45, 7) is 3.89. The smallest absolute Gasteiger partial charge is 0.361 e. The van der Waals surface area contributed by atoms with E-state index in [4.69, 9.17) is 9.26 Å². The van der Waals surface area contributed by atoms with Gasteiger partial charge < -0.3 is 9.26 Å². The zero-order valence-electron chi connectivity index (χ0n) is 13.9. The number of carbonyl (C=O) groups is 2. The van der Waals surface area contributed by atoms with Crippen LogP contribution in [0.4, 0.5) is 0 Å². The van der Waals surface area contributed by atoms with Gasteiger partial charge in [0.1, 0.15) is 5.56 Å². The molecule has 0 saturated heterocycles. The average molecular weight is 345 g/mol. The van der Waals surface area contributed by atoms with Crippen molar-refractivity contribution in [1.82, 2.24) is 5.16 Å². The third-order valence-electron chi connectivity index (χ3n) is 4.03. The summed E-state index contributed by atoms with van der Waals surface area (Å²) in [5.41, 5.74) is 1.99. The molecule has 0 amide bonds. The molecule has 0 radical (unpaired) electrons. The Labute approximate surface area is 144 Å². The van der Waals surface area contributed by atoms with E-state index in [2.05, 4.69) is 5.16 Å². The third kappa shape index (κ3) is 3.11. The fourth-order valence-corrected chi connectivity index (χ4v) is 3.11. The molecule has 0 N–H and O–H groups in total. The minimum absolute atomic E-state index is 0.0166. The second-order valence-electron chi connectivity index (χ2n) is 5.78. The Kier molecular flexibility index (Phi) is 4.76. The molecule has 1 aliphatic carbocycles. The first-order chi connectivity index (χ1) is 11.6. The van der Waals surface area contributed by atoms with Gasteiger partial charge in [-0.25, -0.2) is 4.79 Å². The monoisotopic (exact) mass is 345 g/mol. The molecule has 5 nitrogen and oxygen atoms in total. The highest BCUT2D eigenvalue weighted by atomic mass is 32.2. The predicted molar refractivity (Wildman–Crippen MR) is 91.5 cm³/mol. The van der Waals surface area contributed by atoms with Crippen LogP contribution in [0.2, 0.25) is 0 Å². The number of ether oxygens (including phenoxy) is 1. The van der Waals surface area contributed by atoms with Crippen LogP contribution in [0.15, 0.2) is 27.6 Å². The fraction of sp³-hybridized carbons (Fsp3) is 0.389. The molecule has 0 unspecified atom stereocenters. The first-order valence-corrected chi connectivity index (χ1v) is 9.15. The van der Waals surface area contributed by atoms with Gasteiger partial charge in [0.15, 0.2) is 11.5 Å². The van der Waals surface area contributed by atoms with Crippen LogP contribution in [0.1, 0.15) is 46.2 Å². The van der Waals surface area contributed by atoms with Gasteiger partial charge in [-0.05, 0) is 56.7 Å². The topological polar surface area (TPSA) is 69.4 Å². The van der Waals surface area contributed by atoms with Gasteiger partial charge in [-0.3, -0.25) is 4.79 Å². The molecule has 3 rings (SSSR count). The minimum Gasteiger partial charge on any atom is -0.461 e. The maximum Gasteiger partial charge on any atom is 0.361 e. The summed E-state index contributed by atoms with van der Waals surface area (Å²) in [5.74, 6) is -0.375. The molecule has 1 aliphatic rings. The van der Waals surface area contributed by atoms with Crippen molar-refractivity contribution >= 4 is 23.5 Å². The van der Waals surface area contributed by atoms with Crippen LogP contribution in [0.5, 0.6) is 0 Å². The number of esters is 1. The highest BCUT2D eigenvalue weighted by molar-refractivity contribution is 7.98. The van der Waals surface area contributed by atoms with Crippen LogP contribution in [0, 0.1) is 12.8 Å². The molecule has 0 atom stereocenters. The number of aryl methyl sites for hydroxylation is 1. The summed E-state index contributed by atoms with van der Waals surface area (Å²) in [6, 6.07) is 5.89. The maximum absolute atomic E-state index is 12.7. The molecule has 2 aromatic rings. The second kappa shape index (κ2) is 6.81. The lowest BCUT2D eigenvalue weighted by Gasteiger charge is -2.07. The van der Waals surface area contributed by atoms with Crippen molar-refractivity contribution in [2.75, 3.05) is 12.9 Å². The van der Waals surface area contributed by atoms with E-state index in [9.17, 15) is 9.59 Å². The summed E-state index contributed by atoms with van der Waals surface area (Å²) in [7, 11) is 0. The molecule has 1 aromatic heterocycles.